The maximum Gasteiger partial charge on any atom is 0.261 e. The maximum absolute atomic E-state index is 13.1. The van der Waals surface area contributed by atoms with Crippen LogP contribution in [0.3, 0.4) is 0 Å². The van der Waals surface area contributed by atoms with E-state index in [9.17, 15) is 12.8 Å². The third-order valence-corrected chi connectivity index (χ3v) is 7.83. The molecule has 0 aliphatic heterocycles. The molecule has 1 heterocycles. The summed E-state index contributed by atoms with van der Waals surface area (Å²) in [6.07, 6.45) is 4.08. The van der Waals surface area contributed by atoms with E-state index < -0.39 is 15.8 Å². The Balaban J connectivity index is 1.67. The lowest BCUT2D eigenvalue weighted by molar-refractivity contribution is 0.179. The highest BCUT2D eigenvalue weighted by Crippen LogP contribution is 2.43. The van der Waals surface area contributed by atoms with Gasteiger partial charge in [-0.3, -0.25) is 4.72 Å². The number of nitrogens with one attached hydrogen (secondary N) is 1. The maximum atomic E-state index is 13.1. The van der Waals surface area contributed by atoms with Gasteiger partial charge in [-0.15, -0.1) is 0 Å². The molecular formula is C23H26FNO3S. The zero-order valence-electron chi connectivity index (χ0n) is 17.0. The molecule has 1 aliphatic carbocycles. The fourth-order valence-corrected chi connectivity index (χ4v) is 5.18. The van der Waals surface area contributed by atoms with Crippen molar-refractivity contribution in [1.82, 2.24) is 0 Å². The molecule has 0 saturated carbocycles. The van der Waals surface area contributed by atoms with Crippen LogP contribution in [0.5, 0.6) is 0 Å². The van der Waals surface area contributed by atoms with Gasteiger partial charge in [0.25, 0.3) is 10.0 Å². The summed E-state index contributed by atoms with van der Waals surface area (Å²) in [5.74, 6) is 1.11. The van der Waals surface area contributed by atoms with Crippen molar-refractivity contribution in [3.05, 3.63) is 59.6 Å². The van der Waals surface area contributed by atoms with Gasteiger partial charge in [-0.05, 0) is 66.6 Å². The summed E-state index contributed by atoms with van der Waals surface area (Å²) in [5.41, 5.74) is 2.71. The van der Waals surface area contributed by atoms with E-state index in [4.69, 9.17) is 4.42 Å². The number of hydrogen-bond acceptors (Lipinski definition) is 3. The predicted octanol–water partition coefficient (Wildman–Crippen LogP) is 5.91. The summed E-state index contributed by atoms with van der Waals surface area (Å²) in [6, 6.07) is 10.2. The zero-order chi connectivity index (χ0) is 20.8. The molecule has 1 aromatic heterocycles. The van der Waals surface area contributed by atoms with Crippen LogP contribution in [0.1, 0.15) is 44.9 Å². The van der Waals surface area contributed by atoms with Gasteiger partial charge in [0.1, 0.15) is 17.2 Å². The largest absolute Gasteiger partial charge is 0.461 e. The Labute approximate surface area is 171 Å². The summed E-state index contributed by atoms with van der Waals surface area (Å²) in [7, 11) is -3.79. The summed E-state index contributed by atoms with van der Waals surface area (Å²) in [5, 5.41) is 0.968. The molecule has 0 amide bonds. The number of hydrogen-bond donors (Lipinski definition) is 1. The standard InChI is InChI=1S/C23H26FNO3S/c1-4-23(2,3)15-5-11-21-19(13-15)20-14-17(8-12-22(20)28-21)25-29(26,27)18-9-6-16(24)7-10-18/h6-10,12,14-15,25H,4-5,11,13H2,1-3H3. The Morgan fingerprint density at radius 3 is 2.59 bits per heavy atom. The molecular weight excluding hydrogens is 389 g/mol. The lowest BCUT2D eigenvalue weighted by atomic mass is 9.69. The molecule has 1 N–H and O–H groups in total. The van der Waals surface area contributed by atoms with E-state index in [0.717, 1.165) is 54.5 Å². The molecule has 0 radical (unpaired) electrons. The van der Waals surface area contributed by atoms with E-state index >= 15 is 0 Å². The fourth-order valence-electron chi connectivity index (χ4n) is 4.13. The van der Waals surface area contributed by atoms with Crippen molar-refractivity contribution in [2.45, 2.75) is 51.3 Å². The van der Waals surface area contributed by atoms with E-state index in [1.54, 1.807) is 6.07 Å². The molecule has 0 saturated heterocycles. The van der Waals surface area contributed by atoms with Crippen molar-refractivity contribution in [3.63, 3.8) is 0 Å². The second-order valence-electron chi connectivity index (χ2n) is 8.56. The van der Waals surface area contributed by atoms with Gasteiger partial charge in [0.15, 0.2) is 0 Å². The van der Waals surface area contributed by atoms with E-state index in [0.29, 0.717) is 11.6 Å². The van der Waals surface area contributed by atoms with Gasteiger partial charge in [-0.25, -0.2) is 12.8 Å². The molecule has 3 aromatic rings. The van der Waals surface area contributed by atoms with Crippen LogP contribution in [0.25, 0.3) is 11.0 Å². The van der Waals surface area contributed by atoms with Gasteiger partial charge < -0.3 is 4.42 Å². The predicted molar refractivity (Wildman–Crippen MR) is 113 cm³/mol. The first-order valence-corrected chi connectivity index (χ1v) is 11.5. The summed E-state index contributed by atoms with van der Waals surface area (Å²) in [4.78, 5) is 0.0259. The SMILES string of the molecule is CCC(C)(C)C1CCc2oc3ccc(NS(=O)(=O)c4ccc(F)cc4)cc3c2C1. The van der Waals surface area contributed by atoms with Crippen LogP contribution in [0.2, 0.25) is 0 Å². The summed E-state index contributed by atoms with van der Waals surface area (Å²) < 4.78 is 47.1. The van der Waals surface area contributed by atoms with Crippen molar-refractivity contribution in [3.8, 4) is 0 Å². The van der Waals surface area contributed by atoms with Crippen LogP contribution in [0, 0.1) is 17.2 Å². The molecule has 1 atom stereocenters. The van der Waals surface area contributed by atoms with Gasteiger partial charge >= 0.3 is 0 Å². The molecule has 1 unspecified atom stereocenters. The first-order chi connectivity index (χ1) is 13.7. The normalized spacial score (nSPS) is 17.3. The second-order valence-corrected chi connectivity index (χ2v) is 10.2. The zero-order valence-corrected chi connectivity index (χ0v) is 17.8. The van der Waals surface area contributed by atoms with Crippen molar-refractivity contribution >= 4 is 26.7 Å². The van der Waals surface area contributed by atoms with Crippen LogP contribution in [-0.2, 0) is 22.9 Å². The summed E-state index contributed by atoms with van der Waals surface area (Å²) >= 11 is 0. The van der Waals surface area contributed by atoms with Gasteiger partial charge in [-0.1, -0.05) is 27.2 Å². The van der Waals surface area contributed by atoms with Crippen LogP contribution in [0.15, 0.2) is 51.8 Å². The number of furan rings is 1. The lowest BCUT2D eigenvalue weighted by Crippen LogP contribution is -2.28. The number of halogens is 1. The average molecular weight is 416 g/mol. The monoisotopic (exact) mass is 415 g/mol. The molecule has 29 heavy (non-hydrogen) atoms. The Kier molecular flexibility index (Phi) is 4.93. The number of sulfonamides is 1. The van der Waals surface area contributed by atoms with Crippen LogP contribution < -0.4 is 4.72 Å². The highest BCUT2D eigenvalue weighted by Gasteiger charge is 2.33. The van der Waals surface area contributed by atoms with Crippen molar-refractivity contribution in [2.24, 2.45) is 11.3 Å². The molecule has 0 fully saturated rings. The first-order valence-electron chi connectivity index (χ1n) is 10.0. The van der Waals surface area contributed by atoms with Crippen molar-refractivity contribution < 1.29 is 17.2 Å². The van der Waals surface area contributed by atoms with Gasteiger partial charge in [0.2, 0.25) is 0 Å². The Hall–Kier alpha value is -2.34. The number of fused-ring (bicyclic) bond motifs is 3. The molecule has 0 spiro atoms. The topological polar surface area (TPSA) is 59.3 Å². The molecule has 1 aliphatic rings. The molecule has 2 aromatic carbocycles. The number of anilines is 1. The van der Waals surface area contributed by atoms with Crippen LogP contribution >= 0.6 is 0 Å². The molecule has 4 nitrogen and oxygen atoms in total. The number of benzene rings is 2. The van der Waals surface area contributed by atoms with Crippen molar-refractivity contribution in [1.29, 1.82) is 0 Å². The van der Waals surface area contributed by atoms with Gasteiger partial charge in [0.05, 0.1) is 4.90 Å². The minimum absolute atomic E-state index is 0.0259. The number of aryl methyl sites for hydroxylation is 1. The number of rotatable bonds is 5. The highest BCUT2D eigenvalue weighted by molar-refractivity contribution is 7.92. The average Bonchev–Trinajstić information content (AvgIpc) is 3.05. The van der Waals surface area contributed by atoms with E-state index in [-0.39, 0.29) is 10.3 Å². The Morgan fingerprint density at radius 2 is 1.90 bits per heavy atom. The van der Waals surface area contributed by atoms with Crippen molar-refractivity contribution in [2.75, 3.05) is 4.72 Å². The molecule has 0 bridgehead atoms. The highest BCUT2D eigenvalue weighted by atomic mass is 32.2. The van der Waals surface area contributed by atoms with E-state index in [1.807, 2.05) is 12.1 Å². The van der Waals surface area contributed by atoms with Gasteiger partial charge in [-0.2, -0.15) is 0 Å². The second kappa shape index (κ2) is 7.17. The van der Waals surface area contributed by atoms with Gasteiger partial charge in [0, 0.05) is 23.1 Å². The molecule has 154 valence electrons. The molecule has 4 rings (SSSR count). The summed E-state index contributed by atoms with van der Waals surface area (Å²) in [6.45, 7) is 6.85. The van der Waals surface area contributed by atoms with E-state index in [1.165, 1.54) is 17.7 Å². The molecule has 6 heteroatoms. The Bertz CT molecular complexity index is 1150. The smallest absolute Gasteiger partial charge is 0.261 e. The lowest BCUT2D eigenvalue weighted by Gasteiger charge is -2.36. The van der Waals surface area contributed by atoms with Crippen LogP contribution in [-0.4, -0.2) is 8.42 Å². The minimum Gasteiger partial charge on any atom is -0.461 e. The third kappa shape index (κ3) is 3.78. The Morgan fingerprint density at radius 1 is 1.17 bits per heavy atom. The third-order valence-electron chi connectivity index (χ3n) is 6.44. The fraction of sp³-hybridized carbons (Fsp3) is 0.391. The quantitative estimate of drug-likeness (QED) is 0.563. The van der Waals surface area contributed by atoms with E-state index in [2.05, 4.69) is 25.5 Å². The minimum atomic E-state index is -3.79. The van der Waals surface area contributed by atoms with Crippen LogP contribution in [0.4, 0.5) is 10.1 Å². The first kappa shape index (κ1) is 20.0.